The van der Waals surface area contributed by atoms with Crippen LogP contribution in [-0.2, 0) is 11.0 Å². The Hall–Kier alpha value is -2.28. The fraction of sp³-hybridized carbons (Fsp3) is 0.188. The molecule has 0 fully saturated rings. The maximum atomic E-state index is 12.5. The van der Waals surface area contributed by atoms with Gasteiger partial charge < -0.3 is 0 Å². The normalized spacial score (nSPS) is 11.6. The lowest BCUT2D eigenvalue weighted by Gasteiger charge is -2.06. The molecule has 1 aromatic carbocycles. The first-order chi connectivity index (χ1) is 9.54. The van der Waals surface area contributed by atoms with Crippen molar-refractivity contribution >= 4 is 12.4 Å². The van der Waals surface area contributed by atoms with Gasteiger partial charge in [0.05, 0.1) is 5.56 Å². The molecule has 0 spiro atoms. The van der Waals surface area contributed by atoms with Crippen molar-refractivity contribution < 1.29 is 18.0 Å². The molecular formula is C16H13F3O. The Kier molecular flexibility index (Phi) is 6.31. The maximum Gasteiger partial charge on any atom is 0.416 e. The van der Waals surface area contributed by atoms with Crippen LogP contribution in [0.25, 0.3) is 6.08 Å². The van der Waals surface area contributed by atoms with Crippen LogP contribution in [0.15, 0.2) is 42.5 Å². The zero-order valence-electron chi connectivity index (χ0n) is 10.7. The molecule has 0 saturated heterocycles. The van der Waals surface area contributed by atoms with E-state index in [1.807, 2.05) is 0 Å². The summed E-state index contributed by atoms with van der Waals surface area (Å²) in [5, 5.41) is 0. The van der Waals surface area contributed by atoms with Crippen LogP contribution in [0.1, 0.15) is 24.0 Å². The second kappa shape index (κ2) is 8.00. The molecule has 0 aliphatic carbocycles. The van der Waals surface area contributed by atoms with E-state index in [1.165, 1.54) is 24.3 Å². The third-order valence-electron chi connectivity index (χ3n) is 2.33. The summed E-state index contributed by atoms with van der Waals surface area (Å²) in [4.78, 5) is 9.98. The molecule has 0 aliphatic rings. The van der Waals surface area contributed by atoms with Crippen molar-refractivity contribution in [1.29, 1.82) is 0 Å². The number of hydrogen-bond acceptors (Lipinski definition) is 1. The van der Waals surface area contributed by atoms with E-state index in [0.29, 0.717) is 24.7 Å². The molecule has 0 saturated carbocycles. The number of allylic oxidation sites excluding steroid dienone is 3. The summed E-state index contributed by atoms with van der Waals surface area (Å²) in [5.41, 5.74) is -0.221. The average Bonchev–Trinajstić information content (AvgIpc) is 2.41. The van der Waals surface area contributed by atoms with Gasteiger partial charge in [-0.15, -0.1) is 0 Å². The van der Waals surface area contributed by atoms with Gasteiger partial charge in [0, 0.05) is 6.42 Å². The number of aldehydes is 1. The Morgan fingerprint density at radius 3 is 2.75 bits per heavy atom. The van der Waals surface area contributed by atoms with Gasteiger partial charge in [-0.05, 0) is 42.3 Å². The van der Waals surface area contributed by atoms with Gasteiger partial charge in [0.2, 0.25) is 0 Å². The number of hydrogen-bond donors (Lipinski definition) is 0. The monoisotopic (exact) mass is 278 g/mol. The van der Waals surface area contributed by atoms with Crippen molar-refractivity contribution in [3.8, 4) is 11.8 Å². The van der Waals surface area contributed by atoms with Crippen LogP contribution in [0.3, 0.4) is 0 Å². The lowest BCUT2D eigenvalue weighted by atomic mass is 10.1. The number of halogens is 3. The van der Waals surface area contributed by atoms with Gasteiger partial charge in [0.15, 0.2) is 0 Å². The predicted molar refractivity (Wildman–Crippen MR) is 72.7 cm³/mol. The summed E-state index contributed by atoms with van der Waals surface area (Å²) >= 11 is 0. The van der Waals surface area contributed by atoms with E-state index in [9.17, 15) is 18.0 Å². The van der Waals surface area contributed by atoms with Gasteiger partial charge in [0.1, 0.15) is 6.29 Å². The molecule has 20 heavy (non-hydrogen) atoms. The number of carbonyl (C=O) groups excluding carboxylic acids is 1. The lowest BCUT2D eigenvalue weighted by molar-refractivity contribution is -0.137. The van der Waals surface area contributed by atoms with Gasteiger partial charge in [-0.2, -0.15) is 13.2 Å². The quantitative estimate of drug-likeness (QED) is 0.348. The summed E-state index contributed by atoms with van der Waals surface area (Å²) in [5.74, 6) is 5.57. The highest BCUT2D eigenvalue weighted by Gasteiger charge is 2.30. The van der Waals surface area contributed by atoms with Gasteiger partial charge >= 0.3 is 6.18 Å². The Balaban J connectivity index is 2.57. The van der Waals surface area contributed by atoms with Crippen LogP contribution in [0.5, 0.6) is 0 Å². The van der Waals surface area contributed by atoms with E-state index in [2.05, 4.69) is 11.8 Å². The summed E-state index contributed by atoms with van der Waals surface area (Å²) in [7, 11) is 0. The highest BCUT2D eigenvalue weighted by Crippen LogP contribution is 2.29. The molecule has 104 valence electrons. The van der Waals surface area contributed by atoms with E-state index in [-0.39, 0.29) is 0 Å². The first-order valence-corrected chi connectivity index (χ1v) is 5.96. The molecule has 0 atom stereocenters. The topological polar surface area (TPSA) is 17.1 Å². The molecule has 0 N–H and O–H groups in total. The maximum absolute atomic E-state index is 12.5. The Bertz CT molecular complexity index is 557. The smallest absolute Gasteiger partial charge is 0.299 e. The molecule has 4 heteroatoms. The molecule has 1 rings (SSSR count). The Labute approximate surface area is 115 Å². The molecule has 0 aromatic heterocycles. The molecule has 0 heterocycles. The van der Waals surface area contributed by atoms with Crippen molar-refractivity contribution in [2.45, 2.75) is 19.0 Å². The predicted octanol–water partition coefficient (Wildman–Crippen LogP) is 4.26. The van der Waals surface area contributed by atoms with E-state index in [1.54, 1.807) is 12.1 Å². The van der Waals surface area contributed by atoms with Gasteiger partial charge in [-0.1, -0.05) is 30.0 Å². The average molecular weight is 278 g/mol. The molecule has 0 amide bonds. The van der Waals surface area contributed by atoms with Crippen molar-refractivity contribution in [2.24, 2.45) is 0 Å². The largest absolute Gasteiger partial charge is 0.416 e. The molecule has 0 radical (unpaired) electrons. The lowest BCUT2D eigenvalue weighted by Crippen LogP contribution is -2.04. The van der Waals surface area contributed by atoms with Crippen molar-refractivity contribution in [2.75, 3.05) is 0 Å². The van der Waals surface area contributed by atoms with Crippen LogP contribution in [0, 0.1) is 11.8 Å². The number of carbonyl (C=O) groups is 1. The van der Waals surface area contributed by atoms with Crippen LogP contribution < -0.4 is 0 Å². The fourth-order valence-corrected chi connectivity index (χ4v) is 1.39. The highest BCUT2D eigenvalue weighted by atomic mass is 19.4. The number of benzene rings is 1. The number of rotatable bonds is 4. The van der Waals surface area contributed by atoms with Crippen LogP contribution in [-0.4, -0.2) is 6.29 Å². The molecule has 0 bridgehead atoms. The standard InChI is InChI=1S/C16H13F3O/c17-16(18,19)15-11-8-10-14(13-15)9-6-4-2-1-3-5-7-12-20/h5-13H,1,3H2/b7-5+,9-6+. The third-order valence-corrected chi connectivity index (χ3v) is 2.33. The SMILES string of the molecule is O=C/C=C/CCC#C/C=C/c1cccc(C(F)(F)F)c1. The summed E-state index contributed by atoms with van der Waals surface area (Å²) in [6.45, 7) is 0. The minimum atomic E-state index is -4.33. The second-order valence-corrected chi connectivity index (χ2v) is 3.88. The number of alkyl halides is 3. The summed E-state index contributed by atoms with van der Waals surface area (Å²) in [6, 6.07) is 5.05. The van der Waals surface area contributed by atoms with Crippen LogP contribution in [0.4, 0.5) is 13.2 Å². The Morgan fingerprint density at radius 2 is 2.05 bits per heavy atom. The molecule has 0 unspecified atom stereocenters. The molecule has 1 nitrogen and oxygen atoms in total. The molecule has 1 aromatic rings. The first-order valence-electron chi connectivity index (χ1n) is 5.96. The van der Waals surface area contributed by atoms with E-state index in [0.717, 1.165) is 12.1 Å². The van der Waals surface area contributed by atoms with Gasteiger partial charge in [-0.3, -0.25) is 4.79 Å². The van der Waals surface area contributed by atoms with Crippen molar-refractivity contribution in [3.63, 3.8) is 0 Å². The molecule has 0 aliphatic heterocycles. The van der Waals surface area contributed by atoms with Crippen LogP contribution >= 0.6 is 0 Å². The van der Waals surface area contributed by atoms with Crippen molar-refractivity contribution in [1.82, 2.24) is 0 Å². The van der Waals surface area contributed by atoms with E-state index >= 15 is 0 Å². The molecular weight excluding hydrogens is 265 g/mol. The third kappa shape index (κ3) is 6.05. The zero-order valence-corrected chi connectivity index (χ0v) is 10.7. The Morgan fingerprint density at radius 1 is 1.25 bits per heavy atom. The fourth-order valence-electron chi connectivity index (χ4n) is 1.39. The van der Waals surface area contributed by atoms with Gasteiger partial charge in [0.25, 0.3) is 0 Å². The van der Waals surface area contributed by atoms with Gasteiger partial charge in [-0.25, -0.2) is 0 Å². The minimum Gasteiger partial charge on any atom is -0.299 e. The zero-order chi connectivity index (χ0) is 14.8. The van der Waals surface area contributed by atoms with E-state index < -0.39 is 11.7 Å². The highest BCUT2D eigenvalue weighted by molar-refractivity contribution is 5.64. The second-order valence-electron chi connectivity index (χ2n) is 3.88. The summed E-state index contributed by atoms with van der Waals surface area (Å²) < 4.78 is 37.4. The van der Waals surface area contributed by atoms with Crippen LogP contribution in [0.2, 0.25) is 0 Å². The van der Waals surface area contributed by atoms with Crippen molar-refractivity contribution in [3.05, 3.63) is 53.6 Å². The first kappa shape index (κ1) is 15.8. The minimum absolute atomic E-state index is 0.454. The summed E-state index contributed by atoms with van der Waals surface area (Å²) in [6.07, 6.45) is 3.78. The number of unbranched alkanes of at least 4 members (excludes halogenated alkanes) is 1. The van der Waals surface area contributed by atoms with E-state index in [4.69, 9.17) is 0 Å².